The number of methoxy groups -OCH3 is 2. The molecule has 0 atom stereocenters. The summed E-state index contributed by atoms with van der Waals surface area (Å²) < 4.78 is 15.8. The minimum absolute atomic E-state index is 0.548. The third kappa shape index (κ3) is 2.31. The predicted molar refractivity (Wildman–Crippen MR) is 67.8 cm³/mol. The Morgan fingerprint density at radius 2 is 2.11 bits per heavy atom. The molecule has 0 saturated carbocycles. The molecule has 0 spiro atoms. The second-order valence-corrected chi connectivity index (χ2v) is 3.79. The largest absolute Gasteiger partial charge is 0.497 e. The van der Waals surface area contributed by atoms with Gasteiger partial charge >= 0.3 is 0 Å². The number of hydrogen-bond donors (Lipinski definition) is 1. The van der Waals surface area contributed by atoms with E-state index in [1.165, 1.54) is 0 Å². The van der Waals surface area contributed by atoms with Gasteiger partial charge in [-0.3, -0.25) is 0 Å². The maximum absolute atomic E-state index is 5.56. The summed E-state index contributed by atoms with van der Waals surface area (Å²) in [4.78, 5) is 0. The van der Waals surface area contributed by atoms with Crippen molar-refractivity contribution in [2.24, 2.45) is 5.73 Å². The zero-order chi connectivity index (χ0) is 13.0. The zero-order valence-corrected chi connectivity index (χ0v) is 10.5. The van der Waals surface area contributed by atoms with Crippen molar-refractivity contribution in [1.29, 1.82) is 0 Å². The molecule has 96 valence electrons. The zero-order valence-electron chi connectivity index (χ0n) is 10.5. The Hall–Kier alpha value is -2.01. The van der Waals surface area contributed by atoms with Gasteiger partial charge in [0.1, 0.15) is 11.5 Å². The highest BCUT2D eigenvalue weighted by molar-refractivity contribution is 5.69. The van der Waals surface area contributed by atoms with E-state index in [1.54, 1.807) is 20.4 Å². The Bertz CT molecular complexity index is 523. The molecule has 0 radical (unpaired) electrons. The Morgan fingerprint density at radius 3 is 2.78 bits per heavy atom. The molecule has 0 amide bonds. The normalized spacial score (nSPS) is 10.4. The van der Waals surface area contributed by atoms with Crippen LogP contribution in [0.2, 0.25) is 0 Å². The van der Waals surface area contributed by atoms with Gasteiger partial charge in [-0.05, 0) is 25.1 Å². The van der Waals surface area contributed by atoms with E-state index >= 15 is 0 Å². The van der Waals surface area contributed by atoms with Crippen LogP contribution >= 0.6 is 0 Å². The van der Waals surface area contributed by atoms with E-state index in [0.29, 0.717) is 24.5 Å². The van der Waals surface area contributed by atoms with Crippen LogP contribution in [0.1, 0.15) is 5.56 Å². The van der Waals surface area contributed by atoms with Crippen LogP contribution in [0.4, 0.5) is 0 Å². The van der Waals surface area contributed by atoms with Crippen LogP contribution in [-0.2, 0) is 6.42 Å². The Balaban J connectivity index is 2.46. The number of benzene rings is 1. The summed E-state index contributed by atoms with van der Waals surface area (Å²) in [6, 6.07) is 5.55. The van der Waals surface area contributed by atoms with Crippen LogP contribution in [0.15, 0.2) is 28.9 Å². The molecular weight excluding hydrogens is 232 g/mol. The minimum atomic E-state index is 0.548. The molecule has 0 aliphatic heterocycles. The summed E-state index contributed by atoms with van der Waals surface area (Å²) in [6.07, 6.45) is 2.40. The third-order valence-electron chi connectivity index (χ3n) is 2.71. The summed E-state index contributed by atoms with van der Waals surface area (Å²) in [5, 5.41) is 3.82. The summed E-state index contributed by atoms with van der Waals surface area (Å²) in [6.45, 7) is 0.548. The van der Waals surface area contributed by atoms with Gasteiger partial charge in [0.2, 0.25) is 0 Å². The lowest BCUT2D eigenvalue weighted by molar-refractivity contribution is 0.391. The van der Waals surface area contributed by atoms with Crippen LogP contribution in [0.3, 0.4) is 0 Å². The van der Waals surface area contributed by atoms with Crippen molar-refractivity contribution in [1.82, 2.24) is 5.16 Å². The van der Waals surface area contributed by atoms with E-state index < -0.39 is 0 Å². The van der Waals surface area contributed by atoms with Gasteiger partial charge in [-0.15, -0.1) is 0 Å². The number of nitrogens with zero attached hydrogens (tertiary/aromatic N) is 1. The average Bonchev–Trinajstić information content (AvgIpc) is 2.86. The van der Waals surface area contributed by atoms with Gasteiger partial charge in [0.05, 0.1) is 26.0 Å². The first-order valence-electron chi connectivity index (χ1n) is 5.66. The quantitative estimate of drug-likeness (QED) is 0.874. The summed E-state index contributed by atoms with van der Waals surface area (Å²) >= 11 is 0. The highest BCUT2D eigenvalue weighted by atomic mass is 16.5. The van der Waals surface area contributed by atoms with Gasteiger partial charge < -0.3 is 19.7 Å². The molecule has 0 aliphatic rings. The fraction of sp³-hybridized carbons (Fsp3) is 0.308. The number of aromatic nitrogens is 1. The number of ether oxygens (including phenoxy) is 2. The van der Waals surface area contributed by atoms with Gasteiger partial charge in [-0.25, -0.2) is 0 Å². The molecule has 1 aromatic heterocycles. The van der Waals surface area contributed by atoms with Crippen molar-refractivity contribution in [2.45, 2.75) is 6.42 Å². The average molecular weight is 248 g/mol. The second kappa shape index (κ2) is 5.55. The second-order valence-electron chi connectivity index (χ2n) is 3.79. The van der Waals surface area contributed by atoms with Gasteiger partial charge in [-0.2, -0.15) is 0 Å². The van der Waals surface area contributed by atoms with Crippen molar-refractivity contribution in [2.75, 3.05) is 20.8 Å². The van der Waals surface area contributed by atoms with Crippen molar-refractivity contribution in [3.05, 3.63) is 30.0 Å². The molecule has 1 heterocycles. The fourth-order valence-corrected chi connectivity index (χ4v) is 1.80. The summed E-state index contributed by atoms with van der Waals surface area (Å²) in [5.74, 6) is 2.11. The smallest absolute Gasteiger partial charge is 0.173 e. The van der Waals surface area contributed by atoms with Crippen LogP contribution < -0.4 is 15.2 Å². The molecule has 0 fully saturated rings. The number of nitrogens with two attached hydrogens (primary N) is 1. The first-order chi connectivity index (χ1) is 8.80. The SMILES string of the molecule is COc1ccc(-c2oncc2CCN)c(OC)c1. The Morgan fingerprint density at radius 1 is 1.28 bits per heavy atom. The van der Waals surface area contributed by atoms with Crippen molar-refractivity contribution in [3.8, 4) is 22.8 Å². The topological polar surface area (TPSA) is 70.5 Å². The molecule has 0 aliphatic carbocycles. The maximum Gasteiger partial charge on any atom is 0.173 e. The van der Waals surface area contributed by atoms with Gasteiger partial charge in [0.15, 0.2) is 5.76 Å². The van der Waals surface area contributed by atoms with Gasteiger partial charge in [0.25, 0.3) is 0 Å². The number of rotatable bonds is 5. The van der Waals surface area contributed by atoms with Crippen LogP contribution in [0, 0.1) is 0 Å². The highest BCUT2D eigenvalue weighted by Crippen LogP contribution is 2.35. The molecule has 0 unspecified atom stereocenters. The molecule has 5 heteroatoms. The first-order valence-corrected chi connectivity index (χ1v) is 5.66. The van der Waals surface area contributed by atoms with E-state index in [0.717, 1.165) is 16.9 Å². The molecule has 2 aromatic rings. The monoisotopic (exact) mass is 248 g/mol. The van der Waals surface area contributed by atoms with E-state index in [2.05, 4.69) is 5.16 Å². The molecule has 0 bridgehead atoms. The number of hydrogen-bond acceptors (Lipinski definition) is 5. The Labute approximate surface area is 105 Å². The van der Waals surface area contributed by atoms with Crippen LogP contribution in [0.25, 0.3) is 11.3 Å². The third-order valence-corrected chi connectivity index (χ3v) is 2.71. The minimum Gasteiger partial charge on any atom is -0.497 e. The molecule has 1 aromatic carbocycles. The lowest BCUT2D eigenvalue weighted by Gasteiger charge is -2.09. The van der Waals surface area contributed by atoms with Crippen molar-refractivity contribution < 1.29 is 14.0 Å². The highest BCUT2D eigenvalue weighted by Gasteiger charge is 2.15. The molecular formula is C13H16N2O3. The summed E-state index contributed by atoms with van der Waals surface area (Å²) in [5.41, 5.74) is 7.38. The molecule has 0 saturated heterocycles. The van der Waals surface area contributed by atoms with E-state index in [9.17, 15) is 0 Å². The lowest BCUT2D eigenvalue weighted by atomic mass is 10.1. The molecule has 5 nitrogen and oxygen atoms in total. The molecule has 2 N–H and O–H groups in total. The maximum atomic E-state index is 5.56. The standard InChI is InChI=1S/C13H16N2O3/c1-16-10-3-4-11(12(7-10)17-2)13-9(5-6-14)8-15-18-13/h3-4,7-8H,5-6,14H2,1-2H3. The van der Waals surface area contributed by atoms with Crippen molar-refractivity contribution in [3.63, 3.8) is 0 Å². The van der Waals surface area contributed by atoms with Crippen molar-refractivity contribution >= 4 is 0 Å². The van der Waals surface area contributed by atoms with Crippen LogP contribution in [0.5, 0.6) is 11.5 Å². The summed E-state index contributed by atoms with van der Waals surface area (Å²) in [7, 11) is 3.22. The molecule has 18 heavy (non-hydrogen) atoms. The van der Waals surface area contributed by atoms with Crippen LogP contribution in [-0.4, -0.2) is 25.9 Å². The van der Waals surface area contributed by atoms with E-state index in [-0.39, 0.29) is 0 Å². The van der Waals surface area contributed by atoms with E-state index in [4.69, 9.17) is 19.7 Å². The Kier molecular flexibility index (Phi) is 3.84. The fourth-order valence-electron chi connectivity index (χ4n) is 1.80. The molecule has 2 rings (SSSR count). The first kappa shape index (κ1) is 12.4. The van der Waals surface area contributed by atoms with E-state index in [1.807, 2.05) is 18.2 Å². The van der Waals surface area contributed by atoms with Gasteiger partial charge in [0, 0.05) is 11.6 Å². The van der Waals surface area contributed by atoms with Gasteiger partial charge in [-0.1, -0.05) is 5.16 Å². The predicted octanol–water partition coefficient (Wildman–Crippen LogP) is 1.86. The lowest BCUT2D eigenvalue weighted by Crippen LogP contribution is -2.02.